The number of amides is 1. The monoisotopic (exact) mass is 280 g/mol. The molecule has 0 bridgehead atoms. The summed E-state index contributed by atoms with van der Waals surface area (Å²) < 4.78 is 5.45. The van der Waals surface area contributed by atoms with Crippen LogP contribution in [0.4, 0.5) is 0 Å². The maximum Gasteiger partial charge on any atom is 0.252 e. The van der Waals surface area contributed by atoms with E-state index in [9.17, 15) is 4.79 Å². The summed E-state index contributed by atoms with van der Waals surface area (Å²) in [6, 6.07) is 0.121. The van der Waals surface area contributed by atoms with Gasteiger partial charge in [0.25, 0.3) is 5.91 Å². The molecule has 1 fully saturated rings. The van der Waals surface area contributed by atoms with E-state index in [4.69, 9.17) is 4.74 Å². The van der Waals surface area contributed by atoms with Gasteiger partial charge in [0.05, 0.1) is 12.6 Å². The topological polar surface area (TPSA) is 42.4 Å². The Bertz CT molecular complexity index is 419. The van der Waals surface area contributed by atoms with Gasteiger partial charge in [0.15, 0.2) is 0 Å². The predicted octanol–water partition coefficient (Wildman–Crippen LogP) is 2.79. The summed E-state index contributed by atoms with van der Waals surface area (Å²) in [5, 5.41) is 2.99. The van der Waals surface area contributed by atoms with Gasteiger partial charge in [-0.1, -0.05) is 6.08 Å². The minimum atomic E-state index is -0.418. The van der Waals surface area contributed by atoms with E-state index in [0.29, 0.717) is 6.61 Å². The van der Waals surface area contributed by atoms with E-state index in [-0.39, 0.29) is 11.9 Å². The largest absolute Gasteiger partial charge is 0.365 e. The first kappa shape index (κ1) is 14.2. The summed E-state index contributed by atoms with van der Waals surface area (Å²) in [6.45, 7) is 6.61. The van der Waals surface area contributed by atoms with Gasteiger partial charge in [-0.25, -0.2) is 4.98 Å². The lowest BCUT2D eigenvalue weighted by atomic mass is 10.0. The van der Waals surface area contributed by atoms with Gasteiger partial charge in [-0.05, 0) is 26.2 Å². The zero-order valence-corrected chi connectivity index (χ0v) is 12.1. The summed E-state index contributed by atoms with van der Waals surface area (Å²) >= 11 is 1.62. The molecule has 2 rings (SSSR count). The number of carbonyl (C=O) groups excluding carboxylic acids is 1. The van der Waals surface area contributed by atoms with Gasteiger partial charge in [-0.3, -0.25) is 4.79 Å². The van der Waals surface area contributed by atoms with Gasteiger partial charge in [-0.2, -0.15) is 0 Å². The molecule has 4 nitrogen and oxygen atoms in total. The van der Waals surface area contributed by atoms with Crippen LogP contribution in [0.1, 0.15) is 37.2 Å². The maximum absolute atomic E-state index is 12.5. The number of carbonyl (C=O) groups is 1. The van der Waals surface area contributed by atoms with Crippen LogP contribution in [0.3, 0.4) is 0 Å². The first-order valence-corrected chi connectivity index (χ1v) is 7.54. The fraction of sp³-hybridized carbons (Fsp3) is 0.571. The van der Waals surface area contributed by atoms with Crippen molar-refractivity contribution in [2.75, 3.05) is 13.2 Å². The highest BCUT2D eigenvalue weighted by Gasteiger charge is 2.32. The molecular formula is C14H20N2O2S. The highest BCUT2D eigenvalue weighted by atomic mass is 32.1. The number of rotatable bonds is 5. The molecule has 1 aromatic heterocycles. The van der Waals surface area contributed by atoms with Crippen molar-refractivity contribution >= 4 is 17.2 Å². The minimum Gasteiger partial charge on any atom is -0.365 e. The molecule has 1 aliphatic rings. The summed E-state index contributed by atoms with van der Waals surface area (Å²) in [6.07, 6.45) is 6.25. The first-order chi connectivity index (χ1) is 9.24. The highest BCUT2D eigenvalue weighted by molar-refractivity contribution is 7.09. The van der Waals surface area contributed by atoms with Crippen molar-refractivity contribution in [2.24, 2.45) is 0 Å². The van der Waals surface area contributed by atoms with Crippen LogP contribution in [0, 0.1) is 0 Å². The Kier molecular flexibility index (Phi) is 5.10. The van der Waals surface area contributed by atoms with Crippen LogP contribution >= 0.6 is 11.3 Å². The number of nitrogens with zero attached hydrogens (tertiary/aromatic N) is 2. The molecule has 0 saturated carbocycles. The molecule has 1 amide bonds. The third-order valence-corrected chi connectivity index (χ3v) is 4.21. The lowest BCUT2D eigenvalue weighted by Crippen LogP contribution is -2.44. The Balaban J connectivity index is 2.06. The number of thiazole rings is 1. The lowest BCUT2D eigenvalue weighted by Gasteiger charge is -2.36. The Hall–Kier alpha value is -1.20. The van der Waals surface area contributed by atoms with Gasteiger partial charge in [-0.15, -0.1) is 17.9 Å². The molecule has 1 aromatic rings. The molecule has 19 heavy (non-hydrogen) atoms. The fourth-order valence-corrected chi connectivity index (χ4v) is 3.15. The number of likely N-dealkylation sites (tertiary alicyclic amines) is 1. The average molecular weight is 280 g/mol. The quantitative estimate of drug-likeness (QED) is 0.779. The molecule has 0 aromatic carbocycles. The SMILES string of the molecule is C=CCOC(C)C(=O)N1CCCCC1c1nccs1. The van der Waals surface area contributed by atoms with Gasteiger partial charge >= 0.3 is 0 Å². The molecule has 2 unspecified atom stereocenters. The zero-order chi connectivity index (χ0) is 13.7. The Morgan fingerprint density at radius 3 is 3.26 bits per heavy atom. The number of hydrogen-bond acceptors (Lipinski definition) is 4. The van der Waals surface area contributed by atoms with Crippen LogP contribution in [0.25, 0.3) is 0 Å². The maximum atomic E-state index is 12.5. The van der Waals surface area contributed by atoms with Crippen molar-refractivity contribution in [1.29, 1.82) is 0 Å². The molecule has 0 radical (unpaired) electrons. The Morgan fingerprint density at radius 1 is 1.74 bits per heavy atom. The van der Waals surface area contributed by atoms with Crippen molar-refractivity contribution in [3.63, 3.8) is 0 Å². The molecule has 0 spiro atoms. The second-order valence-electron chi connectivity index (χ2n) is 4.68. The summed E-state index contributed by atoms with van der Waals surface area (Å²) in [7, 11) is 0. The number of hydrogen-bond donors (Lipinski definition) is 0. The highest BCUT2D eigenvalue weighted by Crippen LogP contribution is 2.32. The van der Waals surface area contributed by atoms with Crippen molar-refractivity contribution in [2.45, 2.75) is 38.3 Å². The average Bonchev–Trinajstić information content (AvgIpc) is 2.98. The van der Waals surface area contributed by atoms with E-state index in [1.54, 1.807) is 30.5 Å². The van der Waals surface area contributed by atoms with Crippen LogP contribution in [-0.2, 0) is 9.53 Å². The molecule has 0 N–H and O–H groups in total. The summed E-state index contributed by atoms with van der Waals surface area (Å²) in [5.41, 5.74) is 0. The molecule has 1 saturated heterocycles. The zero-order valence-electron chi connectivity index (χ0n) is 11.2. The molecule has 5 heteroatoms. The molecule has 2 atom stereocenters. The normalized spacial score (nSPS) is 21.1. The van der Waals surface area contributed by atoms with Crippen molar-refractivity contribution in [1.82, 2.24) is 9.88 Å². The number of piperidine rings is 1. The molecule has 2 heterocycles. The van der Waals surface area contributed by atoms with Gasteiger partial charge < -0.3 is 9.64 Å². The van der Waals surface area contributed by atoms with Gasteiger partial charge in [0, 0.05) is 18.1 Å². The van der Waals surface area contributed by atoms with E-state index < -0.39 is 6.10 Å². The molecule has 104 valence electrons. The third kappa shape index (κ3) is 3.42. The Labute approximate surface area is 118 Å². The van der Waals surface area contributed by atoms with E-state index in [1.165, 1.54) is 0 Å². The molecule has 1 aliphatic heterocycles. The van der Waals surface area contributed by atoms with Crippen LogP contribution in [0.15, 0.2) is 24.2 Å². The second-order valence-corrected chi connectivity index (χ2v) is 5.60. The van der Waals surface area contributed by atoms with Crippen LogP contribution in [0.2, 0.25) is 0 Å². The minimum absolute atomic E-state index is 0.0572. The van der Waals surface area contributed by atoms with E-state index in [2.05, 4.69) is 11.6 Å². The summed E-state index contributed by atoms with van der Waals surface area (Å²) in [4.78, 5) is 18.7. The van der Waals surface area contributed by atoms with Gasteiger partial charge in [0.2, 0.25) is 0 Å². The molecular weight excluding hydrogens is 260 g/mol. The second kappa shape index (κ2) is 6.82. The van der Waals surface area contributed by atoms with Crippen LogP contribution in [-0.4, -0.2) is 35.0 Å². The smallest absolute Gasteiger partial charge is 0.252 e. The van der Waals surface area contributed by atoms with Crippen molar-refractivity contribution in [3.05, 3.63) is 29.2 Å². The summed E-state index contributed by atoms with van der Waals surface area (Å²) in [5.74, 6) is 0.0572. The third-order valence-electron chi connectivity index (χ3n) is 3.33. The Morgan fingerprint density at radius 2 is 2.58 bits per heavy atom. The fourth-order valence-electron chi connectivity index (χ4n) is 2.37. The predicted molar refractivity (Wildman–Crippen MR) is 76.0 cm³/mol. The van der Waals surface area contributed by atoms with Crippen LogP contribution in [0.5, 0.6) is 0 Å². The molecule has 0 aliphatic carbocycles. The standard InChI is InChI=1S/C14H20N2O2S/c1-3-9-18-11(2)14(17)16-8-5-4-6-12(16)13-15-7-10-19-13/h3,7,10-12H,1,4-6,8-9H2,2H3. The van der Waals surface area contributed by atoms with Crippen molar-refractivity contribution in [3.8, 4) is 0 Å². The first-order valence-electron chi connectivity index (χ1n) is 6.66. The van der Waals surface area contributed by atoms with E-state index in [0.717, 1.165) is 30.8 Å². The van der Waals surface area contributed by atoms with Crippen molar-refractivity contribution < 1.29 is 9.53 Å². The van der Waals surface area contributed by atoms with E-state index in [1.807, 2.05) is 10.3 Å². The number of aromatic nitrogens is 1. The van der Waals surface area contributed by atoms with E-state index >= 15 is 0 Å². The van der Waals surface area contributed by atoms with Gasteiger partial charge in [0.1, 0.15) is 11.1 Å². The number of ether oxygens (including phenoxy) is 1. The van der Waals surface area contributed by atoms with Crippen LogP contribution < -0.4 is 0 Å². The lowest BCUT2D eigenvalue weighted by molar-refractivity contribution is -0.146.